The zero-order valence-corrected chi connectivity index (χ0v) is 11.7. The van der Waals surface area contributed by atoms with Gasteiger partial charge in [-0.15, -0.1) is 23.2 Å². The van der Waals surface area contributed by atoms with Crippen LogP contribution in [-0.4, -0.2) is 21.8 Å². The number of alkyl halides is 2. The van der Waals surface area contributed by atoms with Crippen LogP contribution in [0.15, 0.2) is 0 Å². The Labute approximate surface area is 113 Å². The number of rotatable bonds is 1. The van der Waals surface area contributed by atoms with E-state index in [0.717, 1.165) is 23.7 Å². The summed E-state index contributed by atoms with van der Waals surface area (Å²) in [5.41, 5.74) is 0. The summed E-state index contributed by atoms with van der Waals surface area (Å²) >= 11 is 11.4. The van der Waals surface area contributed by atoms with Gasteiger partial charge in [0.25, 0.3) is 0 Å². The predicted molar refractivity (Wildman–Crippen MR) is 69.7 cm³/mol. The molecule has 0 aromatic heterocycles. The molecule has 0 aromatic carbocycles. The van der Waals surface area contributed by atoms with Crippen LogP contribution in [0.3, 0.4) is 0 Å². The van der Waals surface area contributed by atoms with Crippen LogP contribution in [0.1, 0.15) is 39.0 Å². The maximum absolute atomic E-state index is 9.24. The Morgan fingerprint density at radius 1 is 1.18 bits per heavy atom. The number of carboxylic acid groups (broad SMARTS) is 1. The van der Waals surface area contributed by atoms with Gasteiger partial charge in [-0.25, -0.2) is 0 Å². The third-order valence-electron chi connectivity index (χ3n) is 4.85. The number of carboxylic acids is 1. The number of carbonyl (C=O) groups is 1. The second kappa shape index (κ2) is 4.97. The summed E-state index contributed by atoms with van der Waals surface area (Å²) in [5, 5.41) is 7.59. The molecule has 0 aromatic rings. The van der Waals surface area contributed by atoms with E-state index >= 15 is 0 Å². The van der Waals surface area contributed by atoms with Crippen LogP contribution in [0.5, 0.6) is 0 Å². The molecule has 0 heterocycles. The minimum atomic E-state index is -0.980. The molecule has 98 valence electrons. The lowest BCUT2D eigenvalue weighted by Crippen LogP contribution is -2.52. The van der Waals surface area contributed by atoms with Crippen LogP contribution < -0.4 is 0 Å². The fraction of sp³-hybridized carbons (Fsp3) is 0.923. The molecule has 17 heavy (non-hydrogen) atoms. The van der Waals surface area contributed by atoms with Gasteiger partial charge in [0, 0.05) is 4.87 Å². The summed E-state index contributed by atoms with van der Waals surface area (Å²) in [6.07, 6.45) is 7.28. The molecule has 0 saturated heterocycles. The van der Waals surface area contributed by atoms with Crippen molar-refractivity contribution < 1.29 is 9.90 Å². The quantitative estimate of drug-likeness (QED) is 0.742. The third-order valence-corrected chi connectivity index (χ3v) is 5.69. The molecule has 1 N–H and O–H groups in total. The Morgan fingerprint density at radius 3 is 1.82 bits per heavy atom. The average Bonchev–Trinajstić information content (AvgIpc) is 2.26. The molecule has 0 spiro atoms. The van der Waals surface area contributed by atoms with Gasteiger partial charge in [-0.3, -0.25) is 4.79 Å². The van der Waals surface area contributed by atoms with Gasteiger partial charge in [0.05, 0.1) is 0 Å². The maximum atomic E-state index is 9.24. The van der Waals surface area contributed by atoms with Gasteiger partial charge in [0.2, 0.25) is 0 Å². The van der Waals surface area contributed by atoms with Gasteiger partial charge in [-0.05, 0) is 62.7 Å². The average molecular weight is 279 g/mol. The van der Waals surface area contributed by atoms with Crippen molar-refractivity contribution in [3.05, 3.63) is 0 Å². The number of hydrogen-bond acceptors (Lipinski definition) is 1. The van der Waals surface area contributed by atoms with Gasteiger partial charge >= 0.3 is 5.97 Å². The van der Waals surface area contributed by atoms with Gasteiger partial charge in [0.15, 0.2) is 0 Å². The molecule has 2 nitrogen and oxygen atoms in total. The highest BCUT2D eigenvalue weighted by molar-refractivity contribution is 6.26. The molecule has 0 unspecified atom stereocenters. The van der Waals surface area contributed by atoms with Crippen LogP contribution >= 0.6 is 23.2 Å². The van der Waals surface area contributed by atoms with Crippen LogP contribution in [0.25, 0.3) is 0 Å². The lowest BCUT2D eigenvalue weighted by Gasteiger charge is -2.57. The monoisotopic (exact) mass is 278 g/mol. The fourth-order valence-electron chi connectivity index (χ4n) is 4.11. The molecule has 0 radical (unpaired) electrons. The Hall–Kier alpha value is 0.0500. The van der Waals surface area contributed by atoms with Crippen LogP contribution in [0.2, 0.25) is 0 Å². The first-order valence-corrected chi connectivity index (χ1v) is 7.31. The molecular formula is C13H20Cl2O2. The second-order valence-electron chi connectivity index (χ2n) is 5.98. The highest BCUT2D eigenvalue weighted by atomic mass is 35.5. The number of aliphatic carboxylic acids is 1. The first kappa shape index (κ1) is 13.5. The molecule has 4 aliphatic rings. The van der Waals surface area contributed by atoms with E-state index in [4.69, 9.17) is 28.3 Å². The summed E-state index contributed by atoms with van der Waals surface area (Å²) in [4.78, 5) is 9.41. The van der Waals surface area contributed by atoms with E-state index in [1.54, 1.807) is 0 Å². The highest BCUT2D eigenvalue weighted by Crippen LogP contribution is 2.60. The molecule has 4 saturated carbocycles. The van der Waals surface area contributed by atoms with E-state index < -0.39 is 5.97 Å². The first-order valence-electron chi connectivity index (χ1n) is 6.40. The van der Waals surface area contributed by atoms with Crippen molar-refractivity contribution in [2.24, 2.45) is 23.7 Å². The van der Waals surface area contributed by atoms with Gasteiger partial charge in [0.1, 0.15) is 5.88 Å². The van der Waals surface area contributed by atoms with Crippen molar-refractivity contribution >= 4 is 29.2 Å². The van der Waals surface area contributed by atoms with Gasteiger partial charge < -0.3 is 5.11 Å². The number of hydrogen-bond donors (Lipinski definition) is 1. The summed E-state index contributed by atoms with van der Waals surface area (Å²) < 4.78 is 0. The standard InChI is InChI=1S/C11H17Cl.C2H3ClO2/c1-11(12)9-3-7-2-8(5-9)6-10(11)4-7;3-1-2(4)5/h7-10H,2-6H2,1H3;1H2,(H,4,5). The highest BCUT2D eigenvalue weighted by Gasteiger charge is 2.53. The zero-order chi connectivity index (χ0) is 12.6. The molecule has 0 atom stereocenters. The fourth-order valence-corrected chi connectivity index (χ4v) is 4.46. The van der Waals surface area contributed by atoms with E-state index in [9.17, 15) is 4.79 Å². The van der Waals surface area contributed by atoms with Crippen molar-refractivity contribution in [1.29, 1.82) is 0 Å². The lowest BCUT2D eigenvalue weighted by molar-refractivity contribution is -0.134. The largest absolute Gasteiger partial charge is 0.480 e. The third kappa shape index (κ3) is 2.73. The summed E-state index contributed by atoms with van der Waals surface area (Å²) in [7, 11) is 0. The summed E-state index contributed by atoms with van der Waals surface area (Å²) in [5.74, 6) is 2.54. The summed E-state index contributed by atoms with van der Waals surface area (Å²) in [6.45, 7) is 2.29. The normalized spacial score (nSPS) is 46.3. The van der Waals surface area contributed by atoms with Crippen molar-refractivity contribution in [1.82, 2.24) is 0 Å². The molecule has 4 heteroatoms. The van der Waals surface area contributed by atoms with Gasteiger partial charge in [-0.1, -0.05) is 0 Å². The molecule has 4 bridgehead atoms. The van der Waals surface area contributed by atoms with E-state index in [2.05, 4.69) is 6.92 Å². The second-order valence-corrected chi connectivity index (χ2v) is 7.06. The van der Waals surface area contributed by atoms with Crippen molar-refractivity contribution in [3.8, 4) is 0 Å². The molecule has 4 rings (SSSR count). The molecule has 4 aliphatic carbocycles. The lowest BCUT2D eigenvalue weighted by atomic mass is 9.52. The van der Waals surface area contributed by atoms with Crippen molar-refractivity contribution in [2.45, 2.75) is 43.9 Å². The Morgan fingerprint density at radius 2 is 1.53 bits per heavy atom. The minimum absolute atomic E-state index is 0.174. The predicted octanol–water partition coefficient (Wildman–Crippen LogP) is 3.75. The van der Waals surface area contributed by atoms with Crippen molar-refractivity contribution in [3.63, 3.8) is 0 Å². The molecule has 0 aliphatic heterocycles. The smallest absolute Gasteiger partial charge is 0.318 e. The molecular weight excluding hydrogens is 259 g/mol. The van der Waals surface area contributed by atoms with E-state index in [0.29, 0.717) is 0 Å². The van der Waals surface area contributed by atoms with E-state index in [1.165, 1.54) is 32.1 Å². The van der Waals surface area contributed by atoms with Crippen LogP contribution in [0.4, 0.5) is 0 Å². The van der Waals surface area contributed by atoms with Gasteiger partial charge in [-0.2, -0.15) is 0 Å². The number of halogens is 2. The van der Waals surface area contributed by atoms with E-state index in [-0.39, 0.29) is 10.8 Å². The van der Waals surface area contributed by atoms with Crippen molar-refractivity contribution in [2.75, 3.05) is 5.88 Å². The van der Waals surface area contributed by atoms with E-state index in [1.807, 2.05) is 0 Å². The first-order chi connectivity index (χ1) is 7.93. The SMILES string of the molecule is CC1(Cl)C2CC3CC(C2)CC1C3.O=C(O)CCl. The Balaban J connectivity index is 0.000000188. The Bertz CT molecular complexity index is 272. The van der Waals surface area contributed by atoms with Crippen LogP contribution in [0, 0.1) is 23.7 Å². The molecule has 4 fully saturated rings. The van der Waals surface area contributed by atoms with Crippen LogP contribution in [-0.2, 0) is 4.79 Å². The molecule has 0 amide bonds. The summed E-state index contributed by atoms with van der Waals surface area (Å²) in [6, 6.07) is 0. The Kier molecular flexibility index (Phi) is 3.94. The zero-order valence-electron chi connectivity index (χ0n) is 10.2. The maximum Gasteiger partial charge on any atom is 0.318 e. The topological polar surface area (TPSA) is 37.3 Å². The minimum Gasteiger partial charge on any atom is -0.480 e.